The van der Waals surface area contributed by atoms with E-state index in [1.807, 2.05) is 27.7 Å². The highest BCUT2D eigenvalue weighted by Gasteiger charge is 2.44. The number of hydrogen-bond acceptors (Lipinski definition) is 7. The molecule has 1 aliphatic heterocycles. The van der Waals surface area contributed by atoms with E-state index in [1.165, 1.54) is 13.8 Å². The van der Waals surface area contributed by atoms with Crippen LogP contribution in [0.3, 0.4) is 0 Å². The minimum Gasteiger partial charge on any atom is -0.463 e. The summed E-state index contributed by atoms with van der Waals surface area (Å²) in [6.45, 7) is 11.0. The molecule has 8 nitrogen and oxygen atoms in total. The molecule has 0 aromatic heterocycles. The molecule has 0 aromatic rings. The number of ether oxygens (including phenoxy) is 3. The summed E-state index contributed by atoms with van der Waals surface area (Å²) in [7, 11) is 0. The summed E-state index contributed by atoms with van der Waals surface area (Å²) < 4.78 is 16.7. The van der Waals surface area contributed by atoms with Gasteiger partial charge < -0.3 is 19.5 Å². The fourth-order valence-electron chi connectivity index (χ4n) is 3.70. The molecule has 1 rings (SSSR count). The Kier molecular flexibility index (Phi) is 11.7. The van der Waals surface area contributed by atoms with Gasteiger partial charge in [-0.25, -0.2) is 0 Å². The van der Waals surface area contributed by atoms with Gasteiger partial charge in [0.25, 0.3) is 0 Å². The Hall–Kier alpha value is -1.96. The van der Waals surface area contributed by atoms with Crippen molar-refractivity contribution in [3.8, 4) is 0 Å². The smallest absolute Gasteiger partial charge is 0.303 e. The first-order chi connectivity index (χ1) is 14.5. The number of unbranched alkanes of at least 4 members (excludes halogenated alkanes) is 2. The van der Waals surface area contributed by atoms with Crippen LogP contribution in [0.1, 0.15) is 73.6 Å². The van der Waals surface area contributed by atoms with Crippen LogP contribution in [0, 0.1) is 17.8 Å². The van der Waals surface area contributed by atoms with Gasteiger partial charge in [-0.3, -0.25) is 19.2 Å². The van der Waals surface area contributed by atoms with Crippen molar-refractivity contribution in [2.45, 2.75) is 92.0 Å². The third-order valence-electron chi connectivity index (χ3n) is 5.79. The van der Waals surface area contributed by atoms with Gasteiger partial charge in [0.05, 0.1) is 6.10 Å². The zero-order valence-corrected chi connectivity index (χ0v) is 19.8. The first-order valence-corrected chi connectivity index (χ1v) is 11.3. The van der Waals surface area contributed by atoms with Gasteiger partial charge in [0, 0.05) is 45.1 Å². The van der Waals surface area contributed by atoms with Crippen LogP contribution in [-0.2, 0) is 33.4 Å². The van der Waals surface area contributed by atoms with Crippen LogP contribution in [0.25, 0.3) is 0 Å². The van der Waals surface area contributed by atoms with E-state index >= 15 is 0 Å². The van der Waals surface area contributed by atoms with Crippen LogP contribution in [0.4, 0.5) is 0 Å². The van der Waals surface area contributed by atoms with E-state index in [2.05, 4.69) is 5.32 Å². The molecule has 0 saturated carbocycles. The Balaban J connectivity index is 2.55. The van der Waals surface area contributed by atoms with Crippen molar-refractivity contribution in [2.75, 3.05) is 13.2 Å². The molecule has 5 atom stereocenters. The predicted octanol–water partition coefficient (Wildman–Crippen LogP) is 2.81. The molecule has 31 heavy (non-hydrogen) atoms. The van der Waals surface area contributed by atoms with E-state index in [0.29, 0.717) is 13.0 Å². The quantitative estimate of drug-likeness (QED) is 0.366. The number of carbonyl (C=O) groups is 4. The molecule has 1 heterocycles. The molecule has 1 saturated heterocycles. The largest absolute Gasteiger partial charge is 0.463 e. The second-order valence-corrected chi connectivity index (χ2v) is 8.81. The SMILES string of the molecule is CC(=O)OCC1OC(CC(=O)CCCCCNC(=O)C(C)C)C(OC(C)=O)C(C)C1C. The van der Waals surface area contributed by atoms with Crippen LogP contribution < -0.4 is 5.32 Å². The van der Waals surface area contributed by atoms with E-state index < -0.39 is 18.2 Å². The summed E-state index contributed by atoms with van der Waals surface area (Å²) in [4.78, 5) is 46.9. The van der Waals surface area contributed by atoms with E-state index in [9.17, 15) is 19.2 Å². The summed E-state index contributed by atoms with van der Waals surface area (Å²) in [5.74, 6) is -0.793. The molecule has 8 heteroatoms. The predicted molar refractivity (Wildman–Crippen MR) is 115 cm³/mol. The minimum absolute atomic E-state index is 0.00361. The zero-order chi connectivity index (χ0) is 23.6. The highest BCUT2D eigenvalue weighted by Crippen LogP contribution is 2.34. The average Bonchev–Trinajstić information content (AvgIpc) is 2.68. The summed E-state index contributed by atoms with van der Waals surface area (Å²) in [5.41, 5.74) is 0. The zero-order valence-electron chi connectivity index (χ0n) is 19.8. The van der Waals surface area contributed by atoms with Crippen molar-refractivity contribution in [3.63, 3.8) is 0 Å². The maximum absolute atomic E-state index is 12.6. The molecular weight excluding hydrogens is 402 g/mol. The Morgan fingerprint density at radius 3 is 2.19 bits per heavy atom. The maximum Gasteiger partial charge on any atom is 0.303 e. The van der Waals surface area contributed by atoms with E-state index in [-0.39, 0.29) is 54.5 Å². The first kappa shape index (κ1) is 27.1. The summed E-state index contributed by atoms with van der Waals surface area (Å²) in [6, 6.07) is 0. The monoisotopic (exact) mass is 441 g/mol. The lowest BCUT2D eigenvalue weighted by atomic mass is 9.80. The topological polar surface area (TPSA) is 108 Å². The van der Waals surface area contributed by atoms with Gasteiger partial charge in [0.15, 0.2) is 0 Å². The minimum atomic E-state index is -0.562. The normalized spacial score (nSPS) is 25.7. The summed E-state index contributed by atoms with van der Waals surface area (Å²) in [5, 5.41) is 2.87. The molecule has 1 aliphatic rings. The van der Waals surface area contributed by atoms with Crippen LogP contribution in [-0.4, -0.2) is 55.1 Å². The molecule has 178 valence electrons. The van der Waals surface area contributed by atoms with Crippen molar-refractivity contribution < 1.29 is 33.4 Å². The highest BCUT2D eigenvalue weighted by atomic mass is 16.6. The summed E-state index contributed by atoms with van der Waals surface area (Å²) >= 11 is 0. The molecule has 1 N–H and O–H groups in total. The van der Waals surface area contributed by atoms with Gasteiger partial charge in [-0.05, 0) is 18.8 Å². The van der Waals surface area contributed by atoms with Crippen LogP contribution in [0.2, 0.25) is 0 Å². The number of rotatable bonds is 12. The first-order valence-electron chi connectivity index (χ1n) is 11.3. The lowest BCUT2D eigenvalue weighted by Crippen LogP contribution is -2.52. The van der Waals surface area contributed by atoms with Crippen molar-refractivity contribution in [2.24, 2.45) is 17.8 Å². The van der Waals surface area contributed by atoms with Gasteiger partial charge in [0.2, 0.25) is 5.91 Å². The van der Waals surface area contributed by atoms with Crippen molar-refractivity contribution in [1.29, 1.82) is 0 Å². The number of amides is 1. The Labute approximate surface area is 185 Å². The van der Waals surface area contributed by atoms with E-state index in [0.717, 1.165) is 19.3 Å². The van der Waals surface area contributed by atoms with Gasteiger partial charge >= 0.3 is 11.9 Å². The van der Waals surface area contributed by atoms with Crippen LogP contribution in [0.15, 0.2) is 0 Å². The number of ketones is 1. The van der Waals surface area contributed by atoms with Gasteiger partial charge in [0.1, 0.15) is 24.6 Å². The fourth-order valence-corrected chi connectivity index (χ4v) is 3.70. The standard InChI is InChI=1S/C23H39NO7/c1-14(2)23(28)24-11-9-7-8-10-19(27)12-20-22(30-18(6)26)16(4)15(3)21(31-20)13-29-17(5)25/h14-16,20-22H,7-13H2,1-6H3,(H,24,28). The van der Waals surface area contributed by atoms with Gasteiger partial charge in [-0.1, -0.05) is 34.1 Å². The van der Waals surface area contributed by atoms with Gasteiger partial charge in [-0.15, -0.1) is 0 Å². The molecule has 0 bridgehead atoms. The Morgan fingerprint density at radius 2 is 1.61 bits per heavy atom. The second-order valence-electron chi connectivity index (χ2n) is 8.81. The number of Topliss-reactive ketones (excluding diaryl/α,β-unsaturated/α-hetero) is 1. The molecular formula is C23H39NO7. The van der Waals surface area contributed by atoms with Crippen molar-refractivity contribution >= 4 is 23.6 Å². The van der Waals surface area contributed by atoms with Gasteiger partial charge in [-0.2, -0.15) is 0 Å². The van der Waals surface area contributed by atoms with Crippen molar-refractivity contribution in [3.05, 3.63) is 0 Å². The number of esters is 2. The number of nitrogens with one attached hydrogen (secondary N) is 1. The molecule has 5 unspecified atom stereocenters. The average molecular weight is 442 g/mol. The number of hydrogen-bond donors (Lipinski definition) is 1. The molecule has 1 amide bonds. The second kappa shape index (κ2) is 13.5. The van der Waals surface area contributed by atoms with E-state index in [4.69, 9.17) is 14.2 Å². The maximum atomic E-state index is 12.6. The summed E-state index contributed by atoms with van der Waals surface area (Å²) in [6.07, 6.45) is 1.51. The molecule has 1 fully saturated rings. The lowest BCUT2D eigenvalue weighted by Gasteiger charge is -2.43. The third-order valence-corrected chi connectivity index (χ3v) is 5.79. The molecule has 0 aromatic carbocycles. The van der Waals surface area contributed by atoms with E-state index in [1.54, 1.807) is 0 Å². The van der Waals surface area contributed by atoms with Crippen LogP contribution >= 0.6 is 0 Å². The fraction of sp³-hybridized carbons (Fsp3) is 0.826. The Bertz CT molecular complexity index is 617. The van der Waals surface area contributed by atoms with Crippen LogP contribution in [0.5, 0.6) is 0 Å². The molecule has 0 aliphatic carbocycles. The van der Waals surface area contributed by atoms with Crippen molar-refractivity contribution in [1.82, 2.24) is 5.32 Å². The highest BCUT2D eigenvalue weighted by molar-refractivity contribution is 5.79. The number of carbonyl (C=O) groups excluding carboxylic acids is 4. The Morgan fingerprint density at radius 1 is 0.935 bits per heavy atom. The molecule has 0 spiro atoms. The third kappa shape index (κ3) is 9.80. The lowest BCUT2D eigenvalue weighted by molar-refractivity contribution is -0.205. The molecule has 0 radical (unpaired) electrons.